The van der Waals surface area contributed by atoms with Crippen molar-refractivity contribution in [3.63, 3.8) is 0 Å². The Morgan fingerprint density at radius 1 is 0.750 bits per heavy atom. The van der Waals surface area contributed by atoms with Crippen LogP contribution in [0.5, 0.6) is 0 Å². The van der Waals surface area contributed by atoms with E-state index in [1.807, 2.05) is 11.0 Å². The Balaban J connectivity index is 1.05. The number of para-hydroxylation sites is 1. The molecule has 0 unspecified atom stereocenters. The zero-order valence-electron chi connectivity index (χ0n) is 25.3. The summed E-state index contributed by atoms with van der Waals surface area (Å²) < 4.78 is 2.18. The molecule has 2 heterocycles. The first-order valence-corrected chi connectivity index (χ1v) is 16.4. The molecule has 0 radical (unpaired) electrons. The van der Waals surface area contributed by atoms with Gasteiger partial charge in [0.25, 0.3) is 0 Å². The van der Waals surface area contributed by atoms with Crippen LogP contribution in [0.4, 0.5) is 0 Å². The van der Waals surface area contributed by atoms with Gasteiger partial charge in [0.1, 0.15) is 5.82 Å². The largest absolute Gasteiger partial charge is 0.340 e. The standard InChI is InChI=1S/C37H39N5OS/c1-29-14-11-12-21-33(29)42-34(28-30-15-5-2-6-16-30)38-39-37(42)44-27-13-22-35(43)40-23-25-41(26-24-40)36(31-17-7-3-8-18-31)32-19-9-4-10-20-32/h2-12,14-21,36H,13,22-28H2,1H3. The maximum atomic E-state index is 13.2. The molecular weight excluding hydrogens is 563 g/mol. The summed E-state index contributed by atoms with van der Waals surface area (Å²) in [5.74, 6) is 1.98. The summed E-state index contributed by atoms with van der Waals surface area (Å²) in [7, 11) is 0. The van der Waals surface area contributed by atoms with Crippen LogP contribution in [0.2, 0.25) is 0 Å². The monoisotopic (exact) mass is 601 g/mol. The number of benzene rings is 4. The minimum absolute atomic E-state index is 0.198. The summed E-state index contributed by atoms with van der Waals surface area (Å²) >= 11 is 1.68. The van der Waals surface area contributed by atoms with E-state index in [1.165, 1.54) is 22.3 Å². The molecule has 1 aromatic heterocycles. The number of thioether (sulfide) groups is 1. The minimum atomic E-state index is 0.198. The lowest BCUT2D eigenvalue weighted by Gasteiger charge is -2.40. The lowest BCUT2D eigenvalue weighted by atomic mass is 9.96. The molecule has 1 aliphatic rings. The van der Waals surface area contributed by atoms with Crippen LogP contribution in [0.25, 0.3) is 5.69 Å². The van der Waals surface area contributed by atoms with Crippen molar-refractivity contribution in [2.45, 2.75) is 37.4 Å². The summed E-state index contributed by atoms with van der Waals surface area (Å²) in [5, 5.41) is 10.1. The Morgan fingerprint density at radius 2 is 1.34 bits per heavy atom. The lowest BCUT2D eigenvalue weighted by Crippen LogP contribution is -2.49. The van der Waals surface area contributed by atoms with Gasteiger partial charge in [0.05, 0.1) is 11.7 Å². The van der Waals surface area contributed by atoms with Gasteiger partial charge in [-0.2, -0.15) is 0 Å². The third-order valence-electron chi connectivity index (χ3n) is 8.29. The van der Waals surface area contributed by atoms with Gasteiger partial charge in [0.15, 0.2) is 5.16 Å². The second-order valence-corrected chi connectivity index (χ2v) is 12.3. The highest BCUT2D eigenvalue weighted by atomic mass is 32.2. The Kier molecular flexibility index (Phi) is 9.85. The van der Waals surface area contributed by atoms with E-state index >= 15 is 0 Å². The molecule has 6 nitrogen and oxygen atoms in total. The summed E-state index contributed by atoms with van der Waals surface area (Å²) in [4.78, 5) is 17.8. The van der Waals surface area contributed by atoms with Gasteiger partial charge >= 0.3 is 0 Å². The first-order chi connectivity index (χ1) is 21.7. The molecule has 0 saturated carbocycles. The van der Waals surface area contributed by atoms with Crippen LogP contribution < -0.4 is 0 Å². The van der Waals surface area contributed by atoms with Crippen molar-refractivity contribution in [3.8, 4) is 5.69 Å². The molecule has 1 fully saturated rings. The number of carbonyl (C=O) groups excluding carboxylic acids is 1. The van der Waals surface area contributed by atoms with Gasteiger partial charge in [-0.25, -0.2) is 0 Å². The molecule has 224 valence electrons. The maximum Gasteiger partial charge on any atom is 0.222 e. The van der Waals surface area contributed by atoms with E-state index in [9.17, 15) is 4.79 Å². The number of hydrogen-bond donors (Lipinski definition) is 0. The van der Waals surface area contributed by atoms with Gasteiger partial charge < -0.3 is 4.90 Å². The molecule has 1 saturated heterocycles. The van der Waals surface area contributed by atoms with Crippen molar-refractivity contribution in [2.75, 3.05) is 31.9 Å². The third-order valence-corrected chi connectivity index (χ3v) is 9.31. The summed E-state index contributed by atoms with van der Waals surface area (Å²) in [6.45, 7) is 5.35. The van der Waals surface area contributed by atoms with E-state index in [0.717, 1.165) is 55.0 Å². The van der Waals surface area contributed by atoms with Crippen molar-refractivity contribution in [1.82, 2.24) is 24.6 Å². The number of carbonyl (C=O) groups is 1. The van der Waals surface area contributed by atoms with E-state index in [0.29, 0.717) is 12.8 Å². The van der Waals surface area contributed by atoms with E-state index in [1.54, 1.807) is 11.8 Å². The van der Waals surface area contributed by atoms with E-state index in [4.69, 9.17) is 0 Å². The van der Waals surface area contributed by atoms with Crippen LogP contribution in [0.15, 0.2) is 120 Å². The number of aromatic nitrogens is 3. The molecule has 1 amide bonds. The highest BCUT2D eigenvalue weighted by Gasteiger charge is 2.28. The van der Waals surface area contributed by atoms with E-state index in [2.05, 4.69) is 136 Å². The van der Waals surface area contributed by atoms with Gasteiger partial charge in [-0.3, -0.25) is 14.3 Å². The van der Waals surface area contributed by atoms with Crippen LogP contribution in [0.3, 0.4) is 0 Å². The summed E-state index contributed by atoms with van der Waals surface area (Å²) in [5.41, 5.74) is 6.07. The zero-order valence-corrected chi connectivity index (χ0v) is 26.1. The smallest absolute Gasteiger partial charge is 0.222 e. The predicted octanol–water partition coefficient (Wildman–Crippen LogP) is 6.97. The highest BCUT2D eigenvalue weighted by molar-refractivity contribution is 7.99. The van der Waals surface area contributed by atoms with Gasteiger partial charge in [-0.15, -0.1) is 10.2 Å². The number of aryl methyl sites for hydroxylation is 1. The van der Waals surface area contributed by atoms with Gasteiger partial charge in [0.2, 0.25) is 5.91 Å². The molecule has 0 atom stereocenters. The highest BCUT2D eigenvalue weighted by Crippen LogP contribution is 2.30. The molecule has 1 aliphatic heterocycles. The molecule has 4 aromatic carbocycles. The first-order valence-electron chi connectivity index (χ1n) is 15.5. The average Bonchev–Trinajstić information content (AvgIpc) is 3.46. The van der Waals surface area contributed by atoms with Crippen molar-refractivity contribution < 1.29 is 4.79 Å². The van der Waals surface area contributed by atoms with Crippen LogP contribution in [0, 0.1) is 6.92 Å². The van der Waals surface area contributed by atoms with Crippen LogP contribution in [-0.4, -0.2) is 62.4 Å². The minimum Gasteiger partial charge on any atom is -0.340 e. The Bertz CT molecular complexity index is 1590. The quantitative estimate of drug-likeness (QED) is 0.121. The number of hydrogen-bond acceptors (Lipinski definition) is 5. The zero-order chi connectivity index (χ0) is 30.1. The van der Waals surface area contributed by atoms with Crippen LogP contribution in [0.1, 0.15) is 47.0 Å². The van der Waals surface area contributed by atoms with Crippen molar-refractivity contribution in [3.05, 3.63) is 143 Å². The van der Waals surface area contributed by atoms with Crippen molar-refractivity contribution >= 4 is 17.7 Å². The van der Waals surface area contributed by atoms with Crippen LogP contribution >= 0.6 is 11.8 Å². The maximum absolute atomic E-state index is 13.2. The lowest BCUT2D eigenvalue weighted by molar-refractivity contribution is -0.133. The SMILES string of the molecule is Cc1ccccc1-n1c(Cc2ccccc2)nnc1SCCCC(=O)N1CCN(C(c2ccccc2)c2ccccc2)CC1. The van der Waals surface area contributed by atoms with Crippen LogP contribution in [-0.2, 0) is 11.2 Å². The van der Waals surface area contributed by atoms with Crippen molar-refractivity contribution in [2.24, 2.45) is 0 Å². The number of amides is 1. The molecule has 0 spiro atoms. The molecule has 0 bridgehead atoms. The normalized spacial score (nSPS) is 13.8. The predicted molar refractivity (Wildman–Crippen MR) is 178 cm³/mol. The number of rotatable bonds is 11. The Hall–Kier alpha value is -4.20. The topological polar surface area (TPSA) is 54.3 Å². The fraction of sp³-hybridized carbons (Fsp3) is 0.270. The van der Waals surface area contributed by atoms with Crippen molar-refractivity contribution in [1.29, 1.82) is 0 Å². The fourth-order valence-corrected chi connectivity index (χ4v) is 6.90. The number of piperazine rings is 1. The summed E-state index contributed by atoms with van der Waals surface area (Å²) in [6.07, 6.45) is 2.06. The van der Waals surface area contributed by atoms with Gasteiger partial charge in [0, 0.05) is 44.8 Å². The Labute approximate surface area is 264 Å². The molecule has 44 heavy (non-hydrogen) atoms. The Morgan fingerprint density at radius 3 is 1.98 bits per heavy atom. The summed E-state index contributed by atoms with van der Waals surface area (Å²) in [6, 6.07) is 40.3. The molecule has 0 N–H and O–H groups in total. The molecule has 7 heteroatoms. The van der Waals surface area contributed by atoms with E-state index in [-0.39, 0.29) is 11.9 Å². The second kappa shape index (κ2) is 14.5. The molecule has 6 rings (SSSR count). The third kappa shape index (κ3) is 7.12. The van der Waals surface area contributed by atoms with E-state index < -0.39 is 0 Å². The molecule has 0 aliphatic carbocycles. The average molecular weight is 602 g/mol. The molecule has 5 aromatic rings. The van der Waals surface area contributed by atoms with Gasteiger partial charge in [-0.05, 0) is 41.7 Å². The van der Waals surface area contributed by atoms with Gasteiger partial charge in [-0.1, -0.05) is 121 Å². The second-order valence-electron chi connectivity index (χ2n) is 11.3. The molecular formula is C37H39N5OS. The fourth-order valence-electron chi connectivity index (χ4n) is 6.00. The number of nitrogens with zero attached hydrogens (tertiary/aromatic N) is 5. The first kappa shape index (κ1) is 29.9.